The maximum Gasteiger partial charge on any atom is 0.193 e. The summed E-state index contributed by atoms with van der Waals surface area (Å²) in [5.74, 6) is 0.821. The number of thiocarbonyl (C=S) groups is 1. The molecule has 0 atom stereocenters. The van der Waals surface area contributed by atoms with E-state index < -0.39 is 0 Å². The smallest absolute Gasteiger partial charge is 0.193 e. The fourth-order valence-electron chi connectivity index (χ4n) is 1.70. The fraction of sp³-hybridized carbons (Fsp3) is 0.0667. The predicted molar refractivity (Wildman–Crippen MR) is 92.2 cm³/mol. The molecule has 0 unspecified atom stereocenters. The molecular weight excluding hydrogens is 330 g/mol. The van der Waals surface area contributed by atoms with Crippen LogP contribution in [0.3, 0.4) is 0 Å². The Morgan fingerprint density at radius 3 is 2.70 bits per heavy atom. The molecule has 3 aromatic heterocycles. The lowest BCUT2D eigenvalue weighted by Crippen LogP contribution is -2.27. The first-order valence-electron chi connectivity index (χ1n) is 6.78. The molecule has 0 saturated carbocycles. The zero-order valence-electron chi connectivity index (χ0n) is 12.0. The monoisotopic (exact) mass is 343 g/mol. The molecule has 8 heteroatoms. The van der Waals surface area contributed by atoms with Crippen LogP contribution in [0.1, 0.15) is 5.76 Å². The molecule has 116 valence electrons. The maximum absolute atomic E-state index is 5.23. The van der Waals surface area contributed by atoms with Gasteiger partial charge < -0.3 is 15.1 Å². The van der Waals surface area contributed by atoms with E-state index in [0.29, 0.717) is 16.8 Å². The highest BCUT2D eigenvalue weighted by molar-refractivity contribution is 7.99. The summed E-state index contributed by atoms with van der Waals surface area (Å²) in [6.07, 6.45) is 6.75. The fourth-order valence-corrected chi connectivity index (χ4v) is 2.55. The normalized spacial score (nSPS) is 10.3. The van der Waals surface area contributed by atoms with Crippen LogP contribution in [0, 0.1) is 0 Å². The number of anilines is 1. The average molecular weight is 343 g/mol. The zero-order valence-corrected chi connectivity index (χ0v) is 13.6. The zero-order chi connectivity index (χ0) is 15.9. The van der Waals surface area contributed by atoms with Gasteiger partial charge in [0, 0.05) is 12.4 Å². The molecular formula is C15H13N5OS2. The number of nitrogens with one attached hydrogen (secondary N) is 2. The summed E-state index contributed by atoms with van der Waals surface area (Å²) < 4.78 is 5.23. The Labute approximate surface area is 142 Å². The van der Waals surface area contributed by atoms with Crippen molar-refractivity contribution in [1.82, 2.24) is 20.3 Å². The molecule has 3 heterocycles. The average Bonchev–Trinajstić information content (AvgIpc) is 3.09. The van der Waals surface area contributed by atoms with E-state index in [1.807, 2.05) is 24.3 Å². The van der Waals surface area contributed by atoms with E-state index in [1.54, 1.807) is 30.9 Å². The third-order valence-electron chi connectivity index (χ3n) is 2.74. The summed E-state index contributed by atoms with van der Waals surface area (Å²) in [4.78, 5) is 12.7. The van der Waals surface area contributed by atoms with E-state index in [-0.39, 0.29) is 0 Å². The third kappa shape index (κ3) is 4.76. The van der Waals surface area contributed by atoms with Crippen LogP contribution in [-0.4, -0.2) is 20.1 Å². The van der Waals surface area contributed by atoms with Crippen LogP contribution in [0.5, 0.6) is 0 Å². The summed E-state index contributed by atoms with van der Waals surface area (Å²) in [7, 11) is 0. The molecule has 0 aliphatic rings. The lowest BCUT2D eigenvalue weighted by atomic mass is 10.4. The van der Waals surface area contributed by atoms with Crippen LogP contribution in [0.15, 0.2) is 69.8 Å². The second-order valence-electron chi connectivity index (χ2n) is 4.41. The van der Waals surface area contributed by atoms with Gasteiger partial charge in [-0.2, -0.15) is 0 Å². The van der Waals surface area contributed by atoms with Crippen LogP contribution >= 0.6 is 24.0 Å². The molecule has 0 fully saturated rings. The highest BCUT2D eigenvalue weighted by Gasteiger charge is 2.03. The first kappa shape index (κ1) is 15.4. The molecule has 0 aromatic carbocycles. The molecule has 6 nitrogen and oxygen atoms in total. The second-order valence-corrected chi connectivity index (χ2v) is 5.80. The van der Waals surface area contributed by atoms with Gasteiger partial charge in [-0.3, -0.25) is 0 Å². The number of furan rings is 1. The van der Waals surface area contributed by atoms with Crippen LogP contribution in [0.2, 0.25) is 0 Å². The molecule has 0 aliphatic heterocycles. The molecule has 0 saturated heterocycles. The number of hydrogen-bond acceptors (Lipinski definition) is 6. The van der Waals surface area contributed by atoms with Crippen LogP contribution in [0.4, 0.5) is 5.69 Å². The summed E-state index contributed by atoms with van der Waals surface area (Å²) in [5, 5.41) is 8.12. The van der Waals surface area contributed by atoms with Gasteiger partial charge in [-0.15, -0.1) is 0 Å². The predicted octanol–water partition coefficient (Wildman–Crippen LogP) is 3.10. The molecule has 23 heavy (non-hydrogen) atoms. The van der Waals surface area contributed by atoms with Crippen molar-refractivity contribution < 1.29 is 4.42 Å². The quantitative estimate of drug-likeness (QED) is 0.541. The van der Waals surface area contributed by atoms with Gasteiger partial charge >= 0.3 is 0 Å². The van der Waals surface area contributed by atoms with E-state index in [9.17, 15) is 0 Å². The molecule has 0 bridgehead atoms. The van der Waals surface area contributed by atoms with Gasteiger partial charge in [0.2, 0.25) is 0 Å². The van der Waals surface area contributed by atoms with E-state index >= 15 is 0 Å². The Morgan fingerprint density at radius 2 is 2.00 bits per heavy atom. The summed E-state index contributed by atoms with van der Waals surface area (Å²) in [6, 6.07) is 9.29. The van der Waals surface area contributed by atoms with Crippen molar-refractivity contribution >= 4 is 34.8 Å². The van der Waals surface area contributed by atoms with Crippen LogP contribution < -0.4 is 10.6 Å². The molecule has 0 radical (unpaired) electrons. The van der Waals surface area contributed by atoms with Crippen molar-refractivity contribution in [2.24, 2.45) is 0 Å². The SMILES string of the molecule is S=C(NCc1ccco1)Nc1ccc(Sc2ncccn2)nc1. The van der Waals surface area contributed by atoms with Gasteiger partial charge in [0.05, 0.1) is 24.7 Å². The Balaban J connectivity index is 1.51. The van der Waals surface area contributed by atoms with Crippen molar-refractivity contribution in [3.05, 3.63) is 60.9 Å². The van der Waals surface area contributed by atoms with E-state index in [2.05, 4.69) is 25.6 Å². The minimum Gasteiger partial charge on any atom is -0.467 e. The van der Waals surface area contributed by atoms with Gasteiger partial charge in [-0.05, 0) is 54.3 Å². The minimum absolute atomic E-state index is 0.509. The Kier molecular flexibility index (Phi) is 5.17. The highest BCUT2D eigenvalue weighted by Crippen LogP contribution is 2.22. The van der Waals surface area contributed by atoms with Crippen molar-refractivity contribution in [2.45, 2.75) is 16.7 Å². The summed E-state index contributed by atoms with van der Waals surface area (Å²) >= 11 is 6.63. The highest BCUT2D eigenvalue weighted by atomic mass is 32.2. The van der Waals surface area contributed by atoms with Crippen LogP contribution in [0.25, 0.3) is 0 Å². The molecule has 0 spiro atoms. The number of rotatable bonds is 5. The van der Waals surface area contributed by atoms with Crippen molar-refractivity contribution in [3.8, 4) is 0 Å². The number of aromatic nitrogens is 3. The van der Waals surface area contributed by atoms with Crippen LogP contribution in [-0.2, 0) is 6.54 Å². The largest absolute Gasteiger partial charge is 0.467 e. The summed E-state index contributed by atoms with van der Waals surface area (Å²) in [6.45, 7) is 0.533. The summed E-state index contributed by atoms with van der Waals surface area (Å²) in [5.41, 5.74) is 0.806. The maximum atomic E-state index is 5.23. The van der Waals surface area contributed by atoms with Gasteiger partial charge in [-0.25, -0.2) is 15.0 Å². The van der Waals surface area contributed by atoms with Crippen molar-refractivity contribution in [2.75, 3.05) is 5.32 Å². The molecule has 3 rings (SSSR count). The van der Waals surface area contributed by atoms with Gasteiger partial charge in [0.25, 0.3) is 0 Å². The van der Waals surface area contributed by atoms with Crippen molar-refractivity contribution in [1.29, 1.82) is 0 Å². The Morgan fingerprint density at radius 1 is 1.13 bits per heavy atom. The Hall–Kier alpha value is -2.45. The lowest BCUT2D eigenvalue weighted by Gasteiger charge is -2.09. The second kappa shape index (κ2) is 7.70. The van der Waals surface area contributed by atoms with E-state index in [1.165, 1.54) is 11.8 Å². The lowest BCUT2D eigenvalue weighted by molar-refractivity contribution is 0.503. The standard InChI is InChI=1S/C15H13N5OS2/c22-14(19-10-12-3-1-8-21-12)20-11-4-5-13(18-9-11)23-15-16-6-2-7-17-15/h1-9H,10H2,(H2,19,20,22). The number of pyridine rings is 1. The molecule has 0 aliphatic carbocycles. The molecule has 0 amide bonds. The first-order valence-corrected chi connectivity index (χ1v) is 8.00. The van der Waals surface area contributed by atoms with Gasteiger partial charge in [0.1, 0.15) is 10.8 Å². The van der Waals surface area contributed by atoms with E-state index in [4.69, 9.17) is 16.6 Å². The third-order valence-corrected chi connectivity index (χ3v) is 3.83. The number of hydrogen-bond donors (Lipinski definition) is 2. The van der Waals surface area contributed by atoms with E-state index in [0.717, 1.165) is 16.5 Å². The first-order chi connectivity index (χ1) is 11.3. The number of nitrogens with zero attached hydrogens (tertiary/aromatic N) is 3. The van der Waals surface area contributed by atoms with Gasteiger partial charge in [0.15, 0.2) is 10.3 Å². The minimum atomic E-state index is 0.509. The van der Waals surface area contributed by atoms with Gasteiger partial charge in [-0.1, -0.05) is 0 Å². The Bertz CT molecular complexity index is 747. The van der Waals surface area contributed by atoms with Crippen molar-refractivity contribution in [3.63, 3.8) is 0 Å². The topological polar surface area (TPSA) is 75.9 Å². The molecule has 3 aromatic rings. The molecule has 2 N–H and O–H groups in total.